The first-order chi connectivity index (χ1) is 9.80. The Bertz CT molecular complexity index is 823. The number of thiophene rings is 1. The van der Waals surface area contributed by atoms with Gasteiger partial charge in [0.2, 0.25) is 0 Å². The van der Waals surface area contributed by atoms with E-state index in [0.717, 1.165) is 15.6 Å². The van der Waals surface area contributed by atoms with Gasteiger partial charge < -0.3 is 5.32 Å². The summed E-state index contributed by atoms with van der Waals surface area (Å²) in [5.74, 6) is -0.00138. The summed E-state index contributed by atoms with van der Waals surface area (Å²) in [4.78, 5) is 13.2. The summed E-state index contributed by atoms with van der Waals surface area (Å²) in [5.41, 5.74) is 0.302. The molecular formula is C15H17NO3S2. The van der Waals surface area contributed by atoms with Gasteiger partial charge >= 0.3 is 0 Å². The second-order valence-electron chi connectivity index (χ2n) is 5.91. The first-order valence-electron chi connectivity index (χ1n) is 6.81. The molecule has 0 radical (unpaired) electrons. The summed E-state index contributed by atoms with van der Waals surface area (Å²) in [6, 6.07) is 7.89. The van der Waals surface area contributed by atoms with Crippen LogP contribution < -0.4 is 5.32 Å². The zero-order chi connectivity index (χ0) is 15.3. The van der Waals surface area contributed by atoms with E-state index in [1.165, 1.54) is 11.3 Å². The summed E-state index contributed by atoms with van der Waals surface area (Å²) in [7, 11) is -3.03. The summed E-state index contributed by atoms with van der Waals surface area (Å²) in [6.45, 7) is 3.74. The molecule has 4 nitrogen and oxygen atoms in total. The molecule has 2 aromatic rings. The number of amides is 1. The van der Waals surface area contributed by atoms with E-state index < -0.39 is 15.4 Å². The molecular weight excluding hydrogens is 306 g/mol. The largest absolute Gasteiger partial charge is 0.345 e. The fraction of sp³-hybridized carbons (Fsp3) is 0.400. The number of hydrogen-bond acceptors (Lipinski definition) is 4. The molecule has 6 heteroatoms. The van der Waals surface area contributed by atoms with Crippen molar-refractivity contribution in [2.24, 2.45) is 0 Å². The Labute approximate surface area is 128 Å². The van der Waals surface area contributed by atoms with Gasteiger partial charge in [0.1, 0.15) is 0 Å². The van der Waals surface area contributed by atoms with Gasteiger partial charge in [0.15, 0.2) is 9.84 Å². The van der Waals surface area contributed by atoms with Crippen LogP contribution in [0.15, 0.2) is 24.3 Å². The monoisotopic (exact) mass is 323 g/mol. The molecule has 1 aromatic heterocycles. The lowest BCUT2D eigenvalue weighted by Gasteiger charge is -2.23. The van der Waals surface area contributed by atoms with Gasteiger partial charge in [-0.25, -0.2) is 8.42 Å². The molecule has 1 amide bonds. The molecule has 112 valence electrons. The third-order valence-corrected chi connectivity index (χ3v) is 7.14. The molecule has 1 aliphatic heterocycles. The summed E-state index contributed by atoms with van der Waals surface area (Å²) < 4.78 is 24.3. The molecule has 0 bridgehead atoms. The molecule has 1 fully saturated rings. The van der Waals surface area contributed by atoms with Crippen molar-refractivity contribution in [3.8, 4) is 0 Å². The number of carbonyl (C=O) groups is 1. The number of sulfone groups is 1. The number of fused-ring (bicyclic) bond motifs is 1. The Kier molecular flexibility index (Phi) is 3.33. The smallest absolute Gasteiger partial charge is 0.262 e. The number of carbonyl (C=O) groups excluding carboxylic acids is 1. The maximum absolute atomic E-state index is 12.5. The highest BCUT2D eigenvalue weighted by Crippen LogP contribution is 2.31. The third-order valence-electron chi connectivity index (χ3n) is 3.97. The van der Waals surface area contributed by atoms with Crippen LogP contribution in [0.25, 0.3) is 10.1 Å². The predicted octanol–water partition coefficient (Wildman–Crippen LogP) is 2.52. The minimum Gasteiger partial charge on any atom is -0.345 e. The lowest BCUT2D eigenvalue weighted by Crippen LogP contribution is -2.46. The lowest BCUT2D eigenvalue weighted by atomic mass is 10.0. The quantitative estimate of drug-likeness (QED) is 0.923. The molecule has 2 heterocycles. The van der Waals surface area contributed by atoms with E-state index in [1.54, 1.807) is 6.92 Å². The molecule has 0 saturated carbocycles. The van der Waals surface area contributed by atoms with Crippen LogP contribution in [0.3, 0.4) is 0 Å². The van der Waals surface area contributed by atoms with Crippen LogP contribution in [-0.2, 0) is 9.84 Å². The van der Waals surface area contributed by atoms with Crippen molar-refractivity contribution < 1.29 is 13.2 Å². The van der Waals surface area contributed by atoms with Crippen LogP contribution in [0.2, 0.25) is 0 Å². The Hall–Kier alpha value is -1.40. The van der Waals surface area contributed by atoms with Gasteiger partial charge in [-0.15, -0.1) is 11.3 Å². The van der Waals surface area contributed by atoms with Crippen molar-refractivity contribution in [3.05, 3.63) is 34.7 Å². The van der Waals surface area contributed by atoms with Crippen molar-refractivity contribution in [2.75, 3.05) is 11.5 Å². The van der Waals surface area contributed by atoms with Crippen LogP contribution in [0.1, 0.15) is 28.6 Å². The number of benzene rings is 1. The maximum atomic E-state index is 12.5. The fourth-order valence-electron chi connectivity index (χ4n) is 2.83. The van der Waals surface area contributed by atoms with Gasteiger partial charge in [-0.1, -0.05) is 18.2 Å². The number of nitrogens with one attached hydrogen (secondary N) is 1. The van der Waals surface area contributed by atoms with Gasteiger partial charge in [-0.05, 0) is 37.3 Å². The zero-order valence-corrected chi connectivity index (χ0v) is 13.6. The number of hydrogen-bond donors (Lipinski definition) is 1. The van der Waals surface area contributed by atoms with Crippen LogP contribution in [-0.4, -0.2) is 31.4 Å². The highest BCUT2D eigenvalue weighted by molar-refractivity contribution is 7.91. The Morgan fingerprint density at radius 3 is 2.67 bits per heavy atom. The Morgan fingerprint density at radius 2 is 2.05 bits per heavy atom. The average molecular weight is 323 g/mol. The second kappa shape index (κ2) is 4.81. The average Bonchev–Trinajstić information content (AvgIpc) is 2.88. The Morgan fingerprint density at radius 1 is 1.33 bits per heavy atom. The molecule has 3 rings (SSSR count). The van der Waals surface area contributed by atoms with E-state index in [0.29, 0.717) is 11.3 Å². The molecule has 0 spiro atoms. The topological polar surface area (TPSA) is 63.2 Å². The minimum atomic E-state index is -3.03. The van der Waals surface area contributed by atoms with E-state index >= 15 is 0 Å². The first kappa shape index (κ1) is 14.5. The zero-order valence-electron chi connectivity index (χ0n) is 12.0. The molecule has 21 heavy (non-hydrogen) atoms. The van der Waals surface area contributed by atoms with E-state index in [-0.39, 0.29) is 17.4 Å². The van der Waals surface area contributed by atoms with E-state index in [4.69, 9.17) is 0 Å². The fourth-order valence-corrected chi connectivity index (χ4v) is 6.03. The Balaban J connectivity index is 1.90. The molecule has 1 N–H and O–H groups in total. The minimum absolute atomic E-state index is 0.0235. The molecule has 0 aliphatic carbocycles. The van der Waals surface area contributed by atoms with Crippen LogP contribution >= 0.6 is 11.3 Å². The van der Waals surface area contributed by atoms with Gasteiger partial charge in [0.25, 0.3) is 5.91 Å². The van der Waals surface area contributed by atoms with Gasteiger partial charge in [-0.2, -0.15) is 0 Å². The molecule has 1 aliphatic rings. The van der Waals surface area contributed by atoms with Crippen molar-refractivity contribution >= 4 is 37.2 Å². The van der Waals surface area contributed by atoms with E-state index in [1.807, 2.05) is 31.2 Å². The van der Waals surface area contributed by atoms with Crippen LogP contribution in [0, 0.1) is 6.92 Å². The first-order valence-corrected chi connectivity index (χ1v) is 9.45. The van der Waals surface area contributed by atoms with E-state index in [2.05, 4.69) is 5.32 Å². The van der Waals surface area contributed by atoms with Crippen molar-refractivity contribution in [2.45, 2.75) is 25.8 Å². The summed E-state index contributed by atoms with van der Waals surface area (Å²) in [5, 5.41) is 4.00. The summed E-state index contributed by atoms with van der Waals surface area (Å²) in [6.07, 6.45) is 0.477. The highest BCUT2D eigenvalue weighted by Gasteiger charge is 2.39. The van der Waals surface area contributed by atoms with Crippen LogP contribution in [0.5, 0.6) is 0 Å². The lowest BCUT2D eigenvalue weighted by molar-refractivity contribution is 0.0919. The molecule has 1 aromatic carbocycles. The standard InChI is InChI=1S/C15H17NO3S2/c1-10-11-5-3-4-6-12(11)20-13(10)14(17)16-15(2)7-8-21(18,19)9-15/h3-6H,7-9H2,1-2H3,(H,16,17). The van der Waals surface area contributed by atoms with Crippen molar-refractivity contribution in [1.82, 2.24) is 5.32 Å². The molecule has 1 unspecified atom stereocenters. The second-order valence-corrected chi connectivity index (χ2v) is 9.15. The van der Waals surface area contributed by atoms with Gasteiger partial charge in [0.05, 0.1) is 21.9 Å². The van der Waals surface area contributed by atoms with Crippen molar-refractivity contribution in [1.29, 1.82) is 0 Å². The maximum Gasteiger partial charge on any atom is 0.262 e. The van der Waals surface area contributed by atoms with Crippen LogP contribution in [0.4, 0.5) is 0 Å². The molecule has 1 saturated heterocycles. The van der Waals surface area contributed by atoms with E-state index in [9.17, 15) is 13.2 Å². The van der Waals surface area contributed by atoms with Crippen molar-refractivity contribution in [3.63, 3.8) is 0 Å². The third kappa shape index (κ3) is 2.70. The number of aryl methyl sites for hydroxylation is 1. The normalized spacial score (nSPS) is 24.3. The molecule has 1 atom stereocenters. The predicted molar refractivity (Wildman–Crippen MR) is 85.7 cm³/mol. The summed E-state index contributed by atoms with van der Waals surface area (Å²) >= 11 is 1.45. The van der Waals surface area contributed by atoms with Gasteiger partial charge in [0, 0.05) is 4.70 Å². The highest BCUT2D eigenvalue weighted by atomic mass is 32.2. The SMILES string of the molecule is Cc1c(C(=O)NC2(C)CCS(=O)(=O)C2)sc2ccccc12. The number of rotatable bonds is 2. The van der Waals surface area contributed by atoms with Gasteiger partial charge in [-0.3, -0.25) is 4.79 Å².